The molecule has 0 bridgehead atoms. The fourth-order valence-electron chi connectivity index (χ4n) is 3.02. The molecule has 0 unspecified atom stereocenters. The molecule has 3 rings (SSSR count). The Morgan fingerprint density at radius 1 is 1.27 bits per heavy atom. The van der Waals surface area contributed by atoms with E-state index in [9.17, 15) is 4.79 Å². The molecule has 0 aliphatic carbocycles. The first-order valence-corrected chi connectivity index (χ1v) is 8.74. The summed E-state index contributed by atoms with van der Waals surface area (Å²) in [6, 6.07) is 12.3. The number of rotatable bonds is 5. The number of carbonyl (C=O) groups is 1. The van der Waals surface area contributed by atoms with E-state index in [0.717, 1.165) is 24.2 Å². The number of hydrogen-bond acceptors (Lipinski definition) is 3. The fraction of sp³-hybridized carbons (Fsp3) is 0.389. The third-order valence-electron chi connectivity index (χ3n) is 4.19. The highest BCUT2D eigenvalue weighted by atomic mass is 32.1. The van der Waals surface area contributed by atoms with Crippen molar-refractivity contribution in [3.05, 3.63) is 57.8 Å². The quantitative estimate of drug-likeness (QED) is 0.914. The van der Waals surface area contributed by atoms with Crippen LogP contribution in [0.15, 0.2) is 41.8 Å². The molecule has 2 heterocycles. The molecular formula is C18H22N2OS. The maximum absolute atomic E-state index is 12.4. The summed E-state index contributed by atoms with van der Waals surface area (Å²) in [5.74, 6) is 0.0180. The lowest BCUT2D eigenvalue weighted by Gasteiger charge is -2.27. The van der Waals surface area contributed by atoms with Gasteiger partial charge < -0.3 is 5.32 Å². The van der Waals surface area contributed by atoms with E-state index in [0.29, 0.717) is 12.6 Å². The van der Waals surface area contributed by atoms with Gasteiger partial charge in [-0.1, -0.05) is 23.8 Å². The number of thiophene rings is 1. The van der Waals surface area contributed by atoms with Crippen LogP contribution >= 0.6 is 11.3 Å². The van der Waals surface area contributed by atoms with Gasteiger partial charge in [0, 0.05) is 17.0 Å². The number of nitrogens with zero attached hydrogens (tertiary/aromatic N) is 1. The molecule has 4 heteroatoms. The van der Waals surface area contributed by atoms with Crippen LogP contribution in [-0.2, 0) is 0 Å². The third kappa shape index (κ3) is 3.57. The fourth-order valence-corrected chi connectivity index (χ4v) is 3.88. The summed E-state index contributed by atoms with van der Waals surface area (Å²) in [6.07, 6.45) is 2.52. The molecule has 1 saturated heterocycles. The largest absolute Gasteiger partial charge is 0.350 e. The van der Waals surface area contributed by atoms with Crippen LogP contribution in [-0.4, -0.2) is 30.4 Å². The lowest BCUT2D eigenvalue weighted by atomic mass is 10.1. The summed E-state index contributed by atoms with van der Waals surface area (Å²) < 4.78 is 0. The Balaban J connectivity index is 1.67. The monoisotopic (exact) mass is 314 g/mol. The van der Waals surface area contributed by atoms with Crippen molar-refractivity contribution in [1.82, 2.24) is 10.2 Å². The number of amides is 1. The number of likely N-dealkylation sites (tertiary alicyclic amines) is 1. The molecule has 0 spiro atoms. The SMILES string of the molecule is Cc1cccc(C(=O)NC[C@@H](c2cccs2)N2CCCC2)c1. The summed E-state index contributed by atoms with van der Waals surface area (Å²) in [6.45, 7) is 4.94. The molecule has 1 aromatic heterocycles. The normalized spacial score (nSPS) is 16.6. The van der Waals surface area contributed by atoms with Gasteiger partial charge in [-0.05, 0) is 56.4 Å². The van der Waals surface area contributed by atoms with Crippen LogP contribution in [0.25, 0.3) is 0 Å². The molecule has 3 nitrogen and oxygen atoms in total. The van der Waals surface area contributed by atoms with Crippen molar-refractivity contribution >= 4 is 17.2 Å². The van der Waals surface area contributed by atoms with Gasteiger partial charge in [-0.15, -0.1) is 11.3 Å². The highest BCUT2D eigenvalue weighted by Crippen LogP contribution is 2.27. The number of aryl methyl sites for hydroxylation is 1. The van der Waals surface area contributed by atoms with Gasteiger partial charge in [-0.2, -0.15) is 0 Å². The first-order valence-electron chi connectivity index (χ1n) is 7.86. The molecule has 0 saturated carbocycles. The van der Waals surface area contributed by atoms with Crippen molar-refractivity contribution in [2.75, 3.05) is 19.6 Å². The van der Waals surface area contributed by atoms with Crippen molar-refractivity contribution in [3.63, 3.8) is 0 Å². The lowest BCUT2D eigenvalue weighted by molar-refractivity contribution is 0.0938. The molecule has 1 aromatic carbocycles. The number of benzene rings is 1. The number of nitrogens with one attached hydrogen (secondary N) is 1. The molecular weight excluding hydrogens is 292 g/mol. The van der Waals surface area contributed by atoms with Crippen LogP contribution in [0.1, 0.15) is 39.7 Å². The van der Waals surface area contributed by atoms with Crippen molar-refractivity contribution in [2.45, 2.75) is 25.8 Å². The summed E-state index contributed by atoms with van der Waals surface area (Å²) in [7, 11) is 0. The van der Waals surface area contributed by atoms with E-state index < -0.39 is 0 Å². The molecule has 1 atom stereocenters. The predicted octanol–water partition coefficient (Wildman–Crippen LogP) is 3.62. The average molecular weight is 314 g/mol. The van der Waals surface area contributed by atoms with E-state index in [-0.39, 0.29) is 5.91 Å². The summed E-state index contributed by atoms with van der Waals surface area (Å²) in [4.78, 5) is 16.2. The van der Waals surface area contributed by atoms with Gasteiger partial charge in [0.2, 0.25) is 0 Å². The Morgan fingerprint density at radius 2 is 2.09 bits per heavy atom. The molecule has 1 amide bonds. The second kappa shape index (κ2) is 7.07. The molecule has 116 valence electrons. The van der Waals surface area contributed by atoms with Crippen LogP contribution in [0.2, 0.25) is 0 Å². The van der Waals surface area contributed by atoms with E-state index in [2.05, 4.69) is 27.7 Å². The highest BCUT2D eigenvalue weighted by Gasteiger charge is 2.24. The van der Waals surface area contributed by atoms with E-state index >= 15 is 0 Å². The summed E-state index contributed by atoms with van der Waals surface area (Å²) >= 11 is 1.77. The third-order valence-corrected chi connectivity index (χ3v) is 5.16. The smallest absolute Gasteiger partial charge is 0.251 e. The van der Waals surface area contributed by atoms with Gasteiger partial charge in [-0.3, -0.25) is 9.69 Å². The Kier molecular flexibility index (Phi) is 4.90. The topological polar surface area (TPSA) is 32.3 Å². The Morgan fingerprint density at radius 3 is 2.77 bits per heavy atom. The van der Waals surface area contributed by atoms with Gasteiger partial charge in [-0.25, -0.2) is 0 Å². The summed E-state index contributed by atoms with van der Waals surface area (Å²) in [5.41, 5.74) is 1.85. The minimum absolute atomic E-state index is 0.0180. The Hall–Kier alpha value is -1.65. The van der Waals surface area contributed by atoms with E-state index in [1.54, 1.807) is 11.3 Å². The molecule has 1 N–H and O–H groups in total. The van der Waals surface area contributed by atoms with Crippen molar-refractivity contribution in [3.8, 4) is 0 Å². The molecule has 1 aliphatic heterocycles. The van der Waals surface area contributed by atoms with Crippen molar-refractivity contribution in [2.24, 2.45) is 0 Å². The Labute approximate surface area is 136 Å². The van der Waals surface area contributed by atoms with Gasteiger partial charge in [0.25, 0.3) is 5.91 Å². The van der Waals surface area contributed by atoms with Gasteiger partial charge in [0.1, 0.15) is 0 Å². The number of carbonyl (C=O) groups excluding carboxylic acids is 1. The standard InChI is InChI=1S/C18H22N2OS/c1-14-6-4-7-15(12-14)18(21)19-13-16(17-8-5-11-22-17)20-9-2-3-10-20/h4-8,11-12,16H,2-3,9-10,13H2,1H3,(H,19,21)/t16-/m0/s1. The van der Waals surface area contributed by atoms with Gasteiger partial charge in [0.15, 0.2) is 0 Å². The first kappa shape index (κ1) is 15.3. The van der Waals surface area contributed by atoms with Crippen LogP contribution in [0.5, 0.6) is 0 Å². The molecule has 1 fully saturated rings. The lowest BCUT2D eigenvalue weighted by Crippen LogP contribution is -2.36. The van der Waals surface area contributed by atoms with Crippen molar-refractivity contribution in [1.29, 1.82) is 0 Å². The van der Waals surface area contributed by atoms with Crippen LogP contribution in [0.3, 0.4) is 0 Å². The minimum atomic E-state index is 0.0180. The molecule has 22 heavy (non-hydrogen) atoms. The molecule has 1 aliphatic rings. The maximum atomic E-state index is 12.4. The number of hydrogen-bond donors (Lipinski definition) is 1. The van der Waals surface area contributed by atoms with E-state index in [4.69, 9.17) is 0 Å². The van der Waals surface area contributed by atoms with E-state index in [1.165, 1.54) is 17.7 Å². The van der Waals surface area contributed by atoms with E-state index in [1.807, 2.05) is 31.2 Å². The van der Waals surface area contributed by atoms with Crippen LogP contribution in [0, 0.1) is 6.92 Å². The zero-order valence-corrected chi connectivity index (χ0v) is 13.7. The minimum Gasteiger partial charge on any atom is -0.350 e. The zero-order chi connectivity index (χ0) is 15.4. The molecule has 2 aromatic rings. The van der Waals surface area contributed by atoms with Crippen LogP contribution in [0.4, 0.5) is 0 Å². The first-order chi connectivity index (χ1) is 10.7. The average Bonchev–Trinajstić information content (AvgIpc) is 3.21. The second-order valence-electron chi connectivity index (χ2n) is 5.85. The van der Waals surface area contributed by atoms with Crippen LogP contribution < -0.4 is 5.32 Å². The van der Waals surface area contributed by atoms with Gasteiger partial charge in [0.05, 0.1) is 6.04 Å². The van der Waals surface area contributed by atoms with Gasteiger partial charge >= 0.3 is 0 Å². The predicted molar refractivity (Wildman–Crippen MR) is 91.4 cm³/mol. The zero-order valence-electron chi connectivity index (χ0n) is 12.9. The maximum Gasteiger partial charge on any atom is 0.251 e. The highest BCUT2D eigenvalue weighted by molar-refractivity contribution is 7.10. The summed E-state index contributed by atoms with van der Waals surface area (Å²) in [5, 5.41) is 5.23. The molecule has 0 radical (unpaired) electrons. The second-order valence-corrected chi connectivity index (χ2v) is 6.83. The van der Waals surface area contributed by atoms with Crippen molar-refractivity contribution < 1.29 is 4.79 Å². The Bertz CT molecular complexity index is 618.